The van der Waals surface area contributed by atoms with E-state index in [1.54, 1.807) is 31.6 Å². The number of likely N-dealkylation sites (N-methyl/N-ethyl adjacent to an activating group) is 1. The molecule has 1 aromatic heterocycles. The third-order valence-corrected chi connectivity index (χ3v) is 5.50. The van der Waals surface area contributed by atoms with Crippen LogP contribution in [0.25, 0.3) is 5.57 Å². The van der Waals surface area contributed by atoms with Gasteiger partial charge in [-0.05, 0) is 30.2 Å². The van der Waals surface area contributed by atoms with Crippen molar-refractivity contribution in [3.05, 3.63) is 102 Å². The molecule has 32 heavy (non-hydrogen) atoms. The van der Waals surface area contributed by atoms with Crippen molar-refractivity contribution in [1.82, 2.24) is 14.8 Å². The summed E-state index contributed by atoms with van der Waals surface area (Å²) in [6.45, 7) is 3.24. The van der Waals surface area contributed by atoms with Crippen LogP contribution in [-0.2, 0) is 22.7 Å². The van der Waals surface area contributed by atoms with Crippen LogP contribution in [0.15, 0.2) is 84.8 Å². The second-order valence-electron chi connectivity index (χ2n) is 7.48. The fourth-order valence-corrected chi connectivity index (χ4v) is 3.92. The van der Waals surface area contributed by atoms with E-state index in [-0.39, 0.29) is 18.4 Å². The average Bonchev–Trinajstić information content (AvgIpc) is 3.08. The summed E-state index contributed by atoms with van der Waals surface area (Å²) >= 11 is 0. The summed E-state index contributed by atoms with van der Waals surface area (Å²) in [5.41, 5.74) is 3.24. The minimum absolute atomic E-state index is 0.163. The first kappa shape index (κ1) is 21.3. The second kappa shape index (κ2) is 9.47. The topological polar surface area (TPSA) is 62.7 Å². The molecule has 1 aliphatic rings. The lowest BCUT2D eigenvalue weighted by Crippen LogP contribution is -2.34. The molecule has 0 saturated carbocycles. The highest BCUT2D eigenvalue weighted by Gasteiger charge is 2.42. The number of benzene rings is 2. The summed E-state index contributed by atoms with van der Waals surface area (Å²) in [7, 11) is 1.56. The van der Waals surface area contributed by atoms with Crippen molar-refractivity contribution >= 4 is 17.4 Å². The lowest BCUT2D eigenvalue weighted by atomic mass is 10.0. The van der Waals surface area contributed by atoms with Gasteiger partial charge in [-0.1, -0.05) is 54.6 Å². The minimum atomic E-state index is -0.329. The predicted octanol–water partition coefficient (Wildman–Crippen LogP) is 3.89. The van der Waals surface area contributed by atoms with E-state index in [0.29, 0.717) is 35.7 Å². The quantitative estimate of drug-likeness (QED) is 0.511. The molecule has 2 heterocycles. The molecule has 0 bridgehead atoms. The van der Waals surface area contributed by atoms with Crippen LogP contribution in [0.5, 0.6) is 5.75 Å². The summed E-state index contributed by atoms with van der Waals surface area (Å²) in [4.78, 5) is 34.6. The van der Waals surface area contributed by atoms with Crippen LogP contribution in [0.4, 0.5) is 0 Å². The number of aromatic nitrogens is 1. The number of hydrogen-bond donors (Lipinski definition) is 0. The maximum absolute atomic E-state index is 13.6. The fraction of sp³-hybridized carbons (Fsp3) is 0.192. The Balaban J connectivity index is 1.80. The zero-order valence-corrected chi connectivity index (χ0v) is 18.2. The van der Waals surface area contributed by atoms with Gasteiger partial charge in [-0.15, -0.1) is 0 Å². The van der Waals surface area contributed by atoms with E-state index in [4.69, 9.17) is 4.74 Å². The van der Waals surface area contributed by atoms with Gasteiger partial charge in [0.1, 0.15) is 11.4 Å². The molecule has 0 unspecified atom stereocenters. The van der Waals surface area contributed by atoms with Gasteiger partial charge in [-0.2, -0.15) is 0 Å². The first-order valence-corrected chi connectivity index (χ1v) is 10.6. The van der Waals surface area contributed by atoms with Gasteiger partial charge in [-0.3, -0.25) is 19.5 Å². The maximum atomic E-state index is 13.6. The Morgan fingerprint density at radius 3 is 2.31 bits per heavy atom. The van der Waals surface area contributed by atoms with Gasteiger partial charge in [-0.25, -0.2) is 0 Å². The van der Waals surface area contributed by atoms with E-state index < -0.39 is 0 Å². The van der Waals surface area contributed by atoms with Crippen LogP contribution in [0.3, 0.4) is 0 Å². The maximum Gasteiger partial charge on any atom is 0.278 e. The van der Waals surface area contributed by atoms with Crippen molar-refractivity contribution in [2.45, 2.75) is 20.0 Å². The SMILES string of the molecule is CCN(Cc1ccccc1)C1=C(c2ccccc2OC)C(=O)N(Cc2cccnc2)C1=O. The van der Waals surface area contributed by atoms with Crippen molar-refractivity contribution in [3.8, 4) is 5.75 Å². The molecule has 0 spiro atoms. The molecule has 6 heteroatoms. The van der Waals surface area contributed by atoms with Crippen molar-refractivity contribution < 1.29 is 14.3 Å². The Kier molecular flexibility index (Phi) is 6.31. The molecular weight excluding hydrogens is 402 g/mol. The number of carbonyl (C=O) groups is 2. The first-order valence-electron chi connectivity index (χ1n) is 10.6. The number of nitrogens with zero attached hydrogens (tertiary/aromatic N) is 3. The number of imide groups is 1. The summed E-state index contributed by atoms with van der Waals surface area (Å²) in [5.74, 6) is -0.0810. The van der Waals surface area contributed by atoms with Crippen LogP contribution in [0.2, 0.25) is 0 Å². The Hall–Kier alpha value is -3.93. The number of hydrogen-bond acceptors (Lipinski definition) is 5. The van der Waals surface area contributed by atoms with Gasteiger partial charge in [0.15, 0.2) is 0 Å². The lowest BCUT2D eigenvalue weighted by molar-refractivity contribution is -0.138. The third kappa shape index (κ3) is 4.12. The highest BCUT2D eigenvalue weighted by atomic mass is 16.5. The molecule has 0 saturated heterocycles. The van der Waals surface area contributed by atoms with Crippen LogP contribution in [0, 0.1) is 0 Å². The molecule has 6 nitrogen and oxygen atoms in total. The van der Waals surface area contributed by atoms with Gasteiger partial charge >= 0.3 is 0 Å². The number of rotatable bonds is 8. The normalized spacial score (nSPS) is 13.6. The van der Waals surface area contributed by atoms with Gasteiger partial charge < -0.3 is 9.64 Å². The number of para-hydroxylation sites is 1. The van der Waals surface area contributed by atoms with Gasteiger partial charge in [0, 0.05) is 31.0 Å². The average molecular weight is 428 g/mol. The van der Waals surface area contributed by atoms with E-state index in [1.165, 1.54) is 4.90 Å². The van der Waals surface area contributed by atoms with Gasteiger partial charge in [0.25, 0.3) is 11.8 Å². The zero-order chi connectivity index (χ0) is 22.5. The summed E-state index contributed by atoms with van der Waals surface area (Å²) in [6.07, 6.45) is 3.34. The molecule has 0 fully saturated rings. The van der Waals surface area contributed by atoms with Gasteiger partial charge in [0.2, 0.25) is 0 Å². The molecule has 162 valence electrons. The standard InChI is InChI=1S/C26H25N3O3/c1-3-28(17-19-10-5-4-6-11-19)24-23(21-13-7-8-14-22(21)32-2)25(30)29(26(24)31)18-20-12-9-15-27-16-20/h4-16H,3,17-18H2,1-2H3. The molecule has 2 aromatic carbocycles. The van der Waals surface area contributed by atoms with Crippen LogP contribution >= 0.6 is 0 Å². The van der Waals surface area contributed by atoms with Crippen LogP contribution < -0.4 is 4.74 Å². The summed E-state index contributed by atoms with van der Waals surface area (Å²) in [5, 5.41) is 0. The van der Waals surface area contributed by atoms with Crippen molar-refractivity contribution in [1.29, 1.82) is 0 Å². The molecule has 0 atom stereocenters. The van der Waals surface area contributed by atoms with Gasteiger partial charge in [0.05, 0.1) is 19.2 Å². The fourth-order valence-electron chi connectivity index (χ4n) is 3.92. The molecule has 2 amide bonds. The largest absolute Gasteiger partial charge is 0.496 e. The minimum Gasteiger partial charge on any atom is -0.496 e. The van der Waals surface area contributed by atoms with E-state index in [1.807, 2.05) is 66.4 Å². The van der Waals surface area contributed by atoms with E-state index in [9.17, 15) is 9.59 Å². The summed E-state index contributed by atoms with van der Waals surface area (Å²) < 4.78 is 5.53. The zero-order valence-electron chi connectivity index (χ0n) is 18.2. The van der Waals surface area contributed by atoms with E-state index >= 15 is 0 Å². The molecular formula is C26H25N3O3. The second-order valence-corrected chi connectivity index (χ2v) is 7.48. The van der Waals surface area contributed by atoms with E-state index in [2.05, 4.69) is 4.98 Å². The molecule has 1 aliphatic heterocycles. The smallest absolute Gasteiger partial charge is 0.278 e. The van der Waals surface area contributed by atoms with Crippen molar-refractivity contribution in [2.75, 3.05) is 13.7 Å². The predicted molar refractivity (Wildman–Crippen MR) is 122 cm³/mol. The number of methoxy groups -OCH3 is 1. The molecule has 0 N–H and O–H groups in total. The highest BCUT2D eigenvalue weighted by Crippen LogP contribution is 2.37. The Morgan fingerprint density at radius 1 is 0.906 bits per heavy atom. The number of amides is 2. The number of pyridine rings is 1. The molecule has 0 radical (unpaired) electrons. The van der Waals surface area contributed by atoms with Crippen molar-refractivity contribution in [3.63, 3.8) is 0 Å². The molecule has 4 rings (SSSR count). The first-order chi connectivity index (χ1) is 15.6. The number of carbonyl (C=O) groups excluding carboxylic acids is 2. The Morgan fingerprint density at radius 2 is 1.62 bits per heavy atom. The van der Waals surface area contributed by atoms with Crippen LogP contribution in [0.1, 0.15) is 23.6 Å². The Bertz CT molecular complexity index is 1140. The highest BCUT2D eigenvalue weighted by molar-refractivity contribution is 6.35. The lowest BCUT2D eigenvalue weighted by Gasteiger charge is -2.25. The molecule has 3 aromatic rings. The van der Waals surface area contributed by atoms with Crippen LogP contribution in [-0.4, -0.2) is 40.3 Å². The Labute approximate surface area is 187 Å². The van der Waals surface area contributed by atoms with Crippen molar-refractivity contribution in [2.24, 2.45) is 0 Å². The third-order valence-electron chi connectivity index (χ3n) is 5.50. The summed E-state index contributed by atoms with van der Waals surface area (Å²) in [6, 6.07) is 20.9. The monoisotopic (exact) mass is 427 g/mol. The van der Waals surface area contributed by atoms with E-state index in [0.717, 1.165) is 11.1 Å². The number of ether oxygens (including phenoxy) is 1. The molecule has 0 aliphatic carbocycles.